The van der Waals surface area contributed by atoms with Gasteiger partial charge in [0, 0.05) is 8.95 Å². The van der Waals surface area contributed by atoms with Crippen molar-refractivity contribution in [3.8, 4) is 5.75 Å². The second-order valence-corrected chi connectivity index (χ2v) is 6.20. The lowest BCUT2D eigenvalue weighted by molar-refractivity contribution is 0.0925. The van der Waals surface area contributed by atoms with Gasteiger partial charge in [-0.3, -0.25) is 9.59 Å². The molecule has 0 saturated heterocycles. The van der Waals surface area contributed by atoms with Crippen molar-refractivity contribution in [2.75, 3.05) is 12.0 Å². The molecule has 0 bridgehead atoms. The first-order chi connectivity index (χ1) is 10.0. The number of rotatable bonds is 2. The van der Waals surface area contributed by atoms with Crippen LogP contribution < -0.4 is 9.64 Å². The summed E-state index contributed by atoms with van der Waals surface area (Å²) in [6, 6.07) is 10.2. The van der Waals surface area contributed by atoms with E-state index in [0.29, 0.717) is 27.0 Å². The lowest BCUT2D eigenvalue weighted by Crippen LogP contribution is -2.30. The molecule has 0 unspecified atom stereocenters. The Morgan fingerprint density at radius 2 is 1.57 bits per heavy atom. The molecule has 1 aliphatic heterocycles. The number of benzene rings is 2. The molecular weight excluding hydrogens is 402 g/mol. The molecule has 21 heavy (non-hydrogen) atoms. The molecule has 1 aliphatic rings. The minimum atomic E-state index is -0.350. The van der Waals surface area contributed by atoms with Crippen molar-refractivity contribution in [1.29, 1.82) is 0 Å². The maximum absolute atomic E-state index is 12.5. The number of carbonyl (C=O) groups excluding carboxylic acids is 2. The van der Waals surface area contributed by atoms with Gasteiger partial charge in [-0.05, 0) is 40.2 Å². The molecule has 0 aromatic heterocycles. The van der Waals surface area contributed by atoms with Crippen molar-refractivity contribution < 1.29 is 14.3 Å². The average Bonchev–Trinajstić information content (AvgIpc) is 2.71. The molecular formula is C15H9Br2NO3. The summed E-state index contributed by atoms with van der Waals surface area (Å²) in [6.07, 6.45) is 0. The first-order valence-corrected chi connectivity index (χ1v) is 7.64. The molecule has 0 saturated carbocycles. The van der Waals surface area contributed by atoms with Gasteiger partial charge < -0.3 is 4.74 Å². The Bertz CT molecular complexity index is 739. The highest BCUT2D eigenvalue weighted by Crippen LogP contribution is 2.42. The molecule has 0 spiro atoms. The number of carbonyl (C=O) groups is 2. The molecule has 0 fully saturated rings. The molecule has 0 N–H and O–H groups in total. The van der Waals surface area contributed by atoms with Crippen molar-refractivity contribution in [2.45, 2.75) is 0 Å². The highest BCUT2D eigenvalue weighted by molar-refractivity contribution is 9.11. The van der Waals surface area contributed by atoms with Crippen molar-refractivity contribution in [2.24, 2.45) is 0 Å². The number of ether oxygens (including phenoxy) is 1. The van der Waals surface area contributed by atoms with Gasteiger partial charge in [-0.2, -0.15) is 0 Å². The number of hydrogen-bond acceptors (Lipinski definition) is 3. The van der Waals surface area contributed by atoms with E-state index in [2.05, 4.69) is 31.9 Å². The van der Waals surface area contributed by atoms with E-state index in [1.54, 1.807) is 36.4 Å². The third-order valence-electron chi connectivity index (χ3n) is 3.23. The van der Waals surface area contributed by atoms with Crippen LogP contribution in [0.15, 0.2) is 45.3 Å². The highest BCUT2D eigenvalue weighted by Gasteiger charge is 2.38. The van der Waals surface area contributed by atoms with Gasteiger partial charge in [0.05, 0.1) is 18.2 Å². The van der Waals surface area contributed by atoms with E-state index in [1.807, 2.05) is 0 Å². The van der Waals surface area contributed by atoms with Crippen molar-refractivity contribution in [1.82, 2.24) is 0 Å². The Labute approximate surface area is 138 Å². The molecule has 6 heteroatoms. The number of hydrogen-bond donors (Lipinski definition) is 0. The molecule has 0 radical (unpaired) electrons. The van der Waals surface area contributed by atoms with Gasteiger partial charge in [-0.1, -0.05) is 28.1 Å². The van der Waals surface area contributed by atoms with Crippen LogP contribution in [0, 0.1) is 0 Å². The summed E-state index contributed by atoms with van der Waals surface area (Å²) in [7, 11) is 1.50. The molecule has 0 aliphatic carbocycles. The monoisotopic (exact) mass is 409 g/mol. The van der Waals surface area contributed by atoms with Crippen LogP contribution in [0.2, 0.25) is 0 Å². The molecule has 1 heterocycles. The summed E-state index contributed by atoms with van der Waals surface area (Å²) in [4.78, 5) is 26.2. The normalized spacial score (nSPS) is 13.6. The van der Waals surface area contributed by atoms with Crippen LogP contribution in [-0.4, -0.2) is 18.9 Å². The molecule has 3 rings (SSSR count). The summed E-state index contributed by atoms with van der Waals surface area (Å²) in [6.45, 7) is 0. The first-order valence-electron chi connectivity index (χ1n) is 6.05. The smallest absolute Gasteiger partial charge is 0.266 e. The second kappa shape index (κ2) is 5.27. The average molecular weight is 411 g/mol. The molecule has 2 amide bonds. The van der Waals surface area contributed by atoms with Gasteiger partial charge in [0.2, 0.25) is 0 Å². The molecule has 4 nitrogen and oxygen atoms in total. The minimum absolute atomic E-state index is 0.350. The van der Waals surface area contributed by atoms with E-state index in [4.69, 9.17) is 4.74 Å². The topological polar surface area (TPSA) is 46.6 Å². The fourth-order valence-corrected chi connectivity index (χ4v) is 3.67. The van der Waals surface area contributed by atoms with Crippen molar-refractivity contribution in [3.63, 3.8) is 0 Å². The fourth-order valence-electron chi connectivity index (χ4n) is 2.31. The van der Waals surface area contributed by atoms with Crippen LogP contribution in [0.4, 0.5) is 5.69 Å². The van der Waals surface area contributed by atoms with Crippen LogP contribution >= 0.6 is 31.9 Å². The zero-order valence-electron chi connectivity index (χ0n) is 10.9. The summed E-state index contributed by atoms with van der Waals surface area (Å²) in [5.74, 6) is -0.264. The number of nitrogens with zero attached hydrogens (tertiary/aromatic N) is 1. The van der Waals surface area contributed by atoms with Crippen molar-refractivity contribution >= 4 is 49.4 Å². The molecule has 106 valence electrons. The standard InChI is InChI=1S/C15H9Br2NO3/c1-21-12-7-8(16)6-11(17)13(12)18-14(19)9-4-2-3-5-10(9)15(18)20/h2-7H,1H3. The predicted octanol–water partition coefficient (Wildman–Crippen LogP) is 4.02. The Hall–Kier alpha value is -1.66. The van der Waals surface area contributed by atoms with E-state index in [0.717, 1.165) is 9.37 Å². The first kappa shape index (κ1) is 14.3. The van der Waals surface area contributed by atoms with Gasteiger partial charge in [-0.25, -0.2) is 4.90 Å². The minimum Gasteiger partial charge on any atom is -0.494 e. The lowest BCUT2D eigenvalue weighted by Gasteiger charge is -2.19. The summed E-state index contributed by atoms with van der Waals surface area (Å²) >= 11 is 6.75. The Kier molecular flexibility index (Phi) is 3.59. The van der Waals surface area contributed by atoms with Gasteiger partial charge in [0.25, 0.3) is 11.8 Å². The molecule has 2 aromatic rings. The van der Waals surface area contributed by atoms with E-state index in [-0.39, 0.29) is 11.8 Å². The van der Waals surface area contributed by atoms with E-state index in [1.165, 1.54) is 7.11 Å². The predicted molar refractivity (Wildman–Crippen MR) is 86.0 cm³/mol. The lowest BCUT2D eigenvalue weighted by atomic mass is 10.1. The number of fused-ring (bicyclic) bond motifs is 1. The van der Waals surface area contributed by atoms with Crippen LogP contribution in [0.25, 0.3) is 0 Å². The van der Waals surface area contributed by atoms with Crippen LogP contribution in [-0.2, 0) is 0 Å². The van der Waals surface area contributed by atoms with E-state index < -0.39 is 0 Å². The molecule has 0 atom stereocenters. The number of amides is 2. The summed E-state index contributed by atoms with van der Waals surface area (Å²) < 4.78 is 6.69. The number of methoxy groups -OCH3 is 1. The largest absolute Gasteiger partial charge is 0.494 e. The van der Waals surface area contributed by atoms with Crippen LogP contribution in [0.5, 0.6) is 5.75 Å². The second-order valence-electron chi connectivity index (χ2n) is 4.43. The Balaban J connectivity index is 2.20. The number of imide groups is 1. The maximum Gasteiger partial charge on any atom is 0.266 e. The third-order valence-corrected chi connectivity index (χ3v) is 4.29. The van der Waals surface area contributed by atoms with Crippen molar-refractivity contribution in [3.05, 3.63) is 56.5 Å². The van der Waals surface area contributed by atoms with Crippen LogP contribution in [0.1, 0.15) is 20.7 Å². The van der Waals surface area contributed by atoms with Crippen LogP contribution in [0.3, 0.4) is 0 Å². The maximum atomic E-state index is 12.5. The summed E-state index contributed by atoms with van der Waals surface area (Å²) in [5.41, 5.74) is 1.21. The van der Waals surface area contributed by atoms with Gasteiger partial charge >= 0.3 is 0 Å². The zero-order chi connectivity index (χ0) is 15.1. The highest BCUT2D eigenvalue weighted by atomic mass is 79.9. The fraction of sp³-hybridized carbons (Fsp3) is 0.0667. The van der Waals surface area contributed by atoms with E-state index in [9.17, 15) is 9.59 Å². The Morgan fingerprint density at radius 3 is 2.10 bits per heavy atom. The quantitative estimate of drug-likeness (QED) is 0.702. The number of halogens is 2. The zero-order valence-corrected chi connectivity index (χ0v) is 14.1. The molecule has 2 aromatic carbocycles. The van der Waals surface area contributed by atoms with E-state index >= 15 is 0 Å². The van der Waals surface area contributed by atoms with Gasteiger partial charge in [-0.15, -0.1) is 0 Å². The summed E-state index contributed by atoms with van der Waals surface area (Å²) in [5, 5.41) is 0. The Morgan fingerprint density at radius 1 is 1.00 bits per heavy atom. The number of anilines is 1. The third kappa shape index (κ3) is 2.18. The van der Waals surface area contributed by atoms with Gasteiger partial charge in [0.1, 0.15) is 11.4 Å². The SMILES string of the molecule is COc1cc(Br)cc(Br)c1N1C(=O)c2ccccc2C1=O. The van der Waals surface area contributed by atoms with Gasteiger partial charge in [0.15, 0.2) is 0 Å².